The Bertz CT molecular complexity index is 358. The zero-order valence-corrected chi connectivity index (χ0v) is 11.7. The second-order valence-corrected chi connectivity index (χ2v) is 5.39. The molecule has 0 aliphatic carbocycles. The lowest BCUT2D eigenvalue weighted by atomic mass is 9.98. The van der Waals surface area contributed by atoms with Crippen LogP contribution in [-0.2, 0) is 0 Å². The molecule has 0 heterocycles. The summed E-state index contributed by atoms with van der Waals surface area (Å²) in [4.78, 5) is 0. The molecule has 0 fully saturated rings. The van der Waals surface area contributed by atoms with Crippen LogP contribution in [0.15, 0.2) is 18.2 Å². The van der Waals surface area contributed by atoms with Gasteiger partial charge >= 0.3 is 0 Å². The van der Waals surface area contributed by atoms with E-state index in [4.69, 9.17) is 10.5 Å². The monoisotopic (exact) mass is 235 g/mol. The molecule has 2 heteroatoms. The van der Waals surface area contributed by atoms with Crippen LogP contribution in [0.4, 0.5) is 0 Å². The minimum atomic E-state index is 0.0973. The fraction of sp³-hybridized carbons (Fsp3) is 0.600. The Hall–Kier alpha value is -1.02. The van der Waals surface area contributed by atoms with Crippen molar-refractivity contribution in [3.63, 3.8) is 0 Å². The topological polar surface area (TPSA) is 35.2 Å². The summed E-state index contributed by atoms with van der Waals surface area (Å²) < 4.78 is 5.72. The van der Waals surface area contributed by atoms with Crippen LogP contribution in [0.2, 0.25) is 0 Å². The fourth-order valence-electron chi connectivity index (χ4n) is 1.77. The first-order valence-corrected chi connectivity index (χ1v) is 6.40. The number of hydrogen-bond donors (Lipinski definition) is 1. The molecular formula is C15H25NO. The minimum absolute atomic E-state index is 0.0973. The number of benzene rings is 1. The molecule has 1 aromatic carbocycles. The highest BCUT2D eigenvalue weighted by Gasteiger charge is 2.09. The number of aryl methyl sites for hydroxylation is 1. The third-order valence-corrected chi connectivity index (χ3v) is 3.16. The summed E-state index contributed by atoms with van der Waals surface area (Å²) >= 11 is 0. The van der Waals surface area contributed by atoms with Gasteiger partial charge in [-0.1, -0.05) is 33.8 Å². The van der Waals surface area contributed by atoms with Gasteiger partial charge in [0.1, 0.15) is 12.4 Å². The molecule has 0 bridgehead atoms. The molecule has 0 aliphatic heterocycles. The van der Waals surface area contributed by atoms with Crippen LogP contribution in [0.1, 0.15) is 44.7 Å². The van der Waals surface area contributed by atoms with Gasteiger partial charge in [0.15, 0.2) is 0 Å². The van der Waals surface area contributed by atoms with Gasteiger partial charge in [-0.15, -0.1) is 0 Å². The van der Waals surface area contributed by atoms with Crippen molar-refractivity contribution in [1.82, 2.24) is 0 Å². The highest BCUT2D eigenvalue weighted by atomic mass is 16.5. The summed E-state index contributed by atoms with van der Waals surface area (Å²) in [6.07, 6.45) is 0. The highest BCUT2D eigenvalue weighted by Crippen LogP contribution is 2.23. The molecule has 0 aromatic heterocycles. The van der Waals surface area contributed by atoms with Crippen molar-refractivity contribution in [1.29, 1.82) is 0 Å². The van der Waals surface area contributed by atoms with E-state index in [9.17, 15) is 0 Å². The van der Waals surface area contributed by atoms with Crippen LogP contribution in [0, 0.1) is 12.8 Å². The third kappa shape index (κ3) is 4.04. The van der Waals surface area contributed by atoms with E-state index in [1.807, 2.05) is 6.07 Å². The second-order valence-electron chi connectivity index (χ2n) is 5.39. The minimum Gasteiger partial charge on any atom is -0.492 e. The van der Waals surface area contributed by atoms with Gasteiger partial charge in [0.2, 0.25) is 0 Å². The van der Waals surface area contributed by atoms with Crippen LogP contribution < -0.4 is 10.5 Å². The lowest BCUT2D eigenvalue weighted by Gasteiger charge is -2.17. The largest absolute Gasteiger partial charge is 0.492 e. The summed E-state index contributed by atoms with van der Waals surface area (Å²) in [6, 6.07) is 6.38. The van der Waals surface area contributed by atoms with Crippen LogP contribution in [0.5, 0.6) is 5.75 Å². The van der Waals surface area contributed by atoms with E-state index in [2.05, 4.69) is 46.8 Å². The van der Waals surface area contributed by atoms with Crippen LogP contribution >= 0.6 is 0 Å². The molecule has 0 aliphatic rings. The molecule has 2 N–H and O–H groups in total. The van der Waals surface area contributed by atoms with Crippen molar-refractivity contribution in [2.75, 3.05) is 6.61 Å². The Labute approximate surface area is 105 Å². The van der Waals surface area contributed by atoms with E-state index in [1.165, 1.54) is 11.1 Å². The number of rotatable bonds is 5. The SMILES string of the molecule is Cc1cc(OCC(N)C(C)C)ccc1C(C)C. The molecule has 0 saturated carbocycles. The maximum Gasteiger partial charge on any atom is 0.119 e. The van der Waals surface area contributed by atoms with E-state index >= 15 is 0 Å². The summed E-state index contributed by atoms with van der Waals surface area (Å²) in [5.41, 5.74) is 8.62. The zero-order chi connectivity index (χ0) is 13.0. The predicted molar refractivity (Wildman–Crippen MR) is 73.6 cm³/mol. The van der Waals surface area contributed by atoms with E-state index in [0.29, 0.717) is 18.4 Å². The lowest BCUT2D eigenvalue weighted by molar-refractivity contribution is 0.259. The van der Waals surface area contributed by atoms with E-state index in [0.717, 1.165) is 5.75 Å². The molecule has 17 heavy (non-hydrogen) atoms. The van der Waals surface area contributed by atoms with Crippen molar-refractivity contribution >= 4 is 0 Å². The summed E-state index contributed by atoms with van der Waals surface area (Å²) in [7, 11) is 0. The van der Waals surface area contributed by atoms with E-state index in [-0.39, 0.29) is 6.04 Å². The lowest BCUT2D eigenvalue weighted by Crippen LogP contribution is -2.33. The Morgan fingerprint density at radius 1 is 1.18 bits per heavy atom. The Morgan fingerprint density at radius 3 is 2.29 bits per heavy atom. The molecule has 0 spiro atoms. The second kappa shape index (κ2) is 6.06. The van der Waals surface area contributed by atoms with E-state index < -0.39 is 0 Å². The van der Waals surface area contributed by atoms with Gasteiger partial charge in [-0.3, -0.25) is 0 Å². The van der Waals surface area contributed by atoms with Crippen LogP contribution in [-0.4, -0.2) is 12.6 Å². The Balaban J connectivity index is 2.65. The van der Waals surface area contributed by atoms with Crippen molar-refractivity contribution in [3.8, 4) is 5.75 Å². The first-order chi connectivity index (χ1) is 7.91. The molecule has 1 atom stereocenters. The number of ether oxygens (including phenoxy) is 1. The molecule has 0 radical (unpaired) electrons. The Kier molecular flexibility index (Phi) is 5.01. The van der Waals surface area contributed by atoms with Gasteiger partial charge in [-0.25, -0.2) is 0 Å². The quantitative estimate of drug-likeness (QED) is 0.848. The average molecular weight is 235 g/mol. The van der Waals surface area contributed by atoms with Gasteiger partial charge in [0, 0.05) is 6.04 Å². The molecule has 1 rings (SSSR count). The third-order valence-electron chi connectivity index (χ3n) is 3.16. The average Bonchev–Trinajstić information content (AvgIpc) is 2.25. The number of hydrogen-bond acceptors (Lipinski definition) is 2. The number of nitrogens with two attached hydrogens (primary N) is 1. The van der Waals surface area contributed by atoms with E-state index in [1.54, 1.807) is 0 Å². The molecule has 1 unspecified atom stereocenters. The first-order valence-electron chi connectivity index (χ1n) is 6.40. The predicted octanol–water partition coefficient (Wildman–Crippen LogP) is 3.48. The fourth-order valence-corrected chi connectivity index (χ4v) is 1.77. The Morgan fingerprint density at radius 2 is 1.82 bits per heavy atom. The summed E-state index contributed by atoms with van der Waals surface area (Å²) in [5, 5.41) is 0. The maximum atomic E-state index is 5.96. The molecule has 2 nitrogen and oxygen atoms in total. The van der Waals surface area contributed by atoms with Crippen molar-refractivity contribution in [3.05, 3.63) is 29.3 Å². The zero-order valence-electron chi connectivity index (χ0n) is 11.7. The van der Waals surface area contributed by atoms with Crippen LogP contribution in [0.3, 0.4) is 0 Å². The van der Waals surface area contributed by atoms with Gasteiger partial charge in [0.25, 0.3) is 0 Å². The molecular weight excluding hydrogens is 210 g/mol. The van der Waals surface area contributed by atoms with Gasteiger partial charge in [-0.2, -0.15) is 0 Å². The normalized spacial score (nSPS) is 13.2. The van der Waals surface area contributed by atoms with Gasteiger partial charge in [-0.05, 0) is 42.0 Å². The molecule has 96 valence electrons. The summed E-state index contributed by atoms with van der Waals surface area (Å²) in [6.45, 7) is 11.3. The molecule has 0 amide bonds. The van der Waals surface area contributed by atoms with Crippen molar-refractivity contribution in [2.45, 2.75) is 46.6 Å². The molecule has 1 aromatic rings. The van der Waals surface area contributed by atoms with Gasteiger partial charge in [0.05, 0.1) is 0 Å². The smallest absolute Gasteiger partial charge is 0.119 e. The van der Waals surface area contributed by atoms with Crippen molar-refractivity contribution in [2.24, 2.45) is 11.7 Å². The first kappa shape index (κ1) is 14.0. The van der Waals surface area contributed by atoms with Crippen LogP contribution in [0.25, 0.3) is 0 Å². The standard InChI is InChI=1S/C15H25NO/c1-10(2)14-7-6-13(8-12(14)5)17-9-15(16)11(3)4/h6-8,10-11,15H,9,16H2,1-5H3. The highest BCUT2D eigenvalue weighted by molar-refractivity contribution is 5.36. The molecule has 0 saturated heterocycles. The maximum absolute atomic E-state index is 5.96. The van der Waals surface area contributed by atoms with Gasteiger partial charge < -0.3 is 10.5 Å². The summed E-state index contributed by atoms with van der Waals surface area (Å²) in [5.74, 6) is 1.93. The van der Waals surface area contributed by atoms with Crippen molar-refractivity contribution < 1.29 is 4.74 Å².